The van der Waals surface area contributed by atoms with Gasteiger partial charge in [0.2, 0.25) is 0 Å². The molecule has 0 aromatic rings. The predicted octanol–water partition coefficient (Wildman–Crippen LogP) is 3.62. The second-order valence-electron chi connectivity index (χ2n) is 4.97. The van der Waals surface area contributed by atoms with Crippen LogP contribution in [0.2, 0.25) is 0 Å². The van der Waals surface area contributed by atoms with Crippen LogP contribution in [0.15, 0.2) is 24.3 Å². The monoisotopic (exact) mass is 206 g/mol. The van der Waals surface area contributed by atoms with Crippen molar-refractivity contribution in [2.75, 3.05) is 0 Å². The summed E-state index contributed by atoms with van der Waals surface area (Å²) in [7, 11) is 0. The fraction of sp³-hybridized carbons (Fsp3) is 0.643. The standard InChI is InChI=1S/C14H22O/c1-6-7-13(15)14(5)11(3)9-8-10(2)12(14)4/h6-12H,1-5H3/b7-6+. The molecular formula is C14H22O. The number of carbonyl (C=O) groups excluding carboxylic acids is 1. The van der Waals surface area contributed by atoms with Crippen molar-refractivity contribution in [2.24, 2.45) is 23.2 Å². The fourth-order valence-corrected chi connectivity index (χ4v) is 2.45. The highest BCUT2D eigenvalue weighted by molar-refractivity contribution is 5.95. The minimum Gasteiger partial charge on any atom is -0.294 e. The van der Waals surface area contributed by atoms with E-state index in [2.05, 4.69) is 39.8 Å². The lowest BCUT2D eigenvalue weighted by Gasteiger charge is -2.43. The van der Waals surface area contributed by atoms with E-state index in [1.807, 2.05) is 13.0 Å². The molecule has 0 aromatic heterocycles. The van der Waals surface area contributed by atoms with Crippen molar-refractivity contribution in [3.63, 3.8) is 0 Å². The van der Waals surface area contributed by atoms with Crippen molar-refractivity contribution in [1.82, 2.24) is 0 Å². The Morgan fingerprint density at radius 1 is 1.27 bits per heavy atom. The van der Waals surface area contributed by atoms with E-state index in [1.54, 1.807) is 6.08 Å². The maximum atomic E-state index is 12.2. The molecule has 0 heterocycles. The van der Waals surface area contributed by atoms with Crippen molar-refractivity contribution in [1.29, 1.82) is 0 Å². The quantitative estimate of drug-likeness (QED) is 0.498. The van der Waals surface area contributed by atoms with Crippen LogP contribution in [0.1, 0.15) is 34.6 Å². The molecule has 0 radical (unpaired) electrons. The summed E-state index contributed by atoms with van der Waals surface area (Å²) in [6.07, 6.45) is 7.99. The Bertz CT molecular complexity index is 300. The molecule has 0 aromatic carbocycles. The molecule has 1 aliphatic rings. The zero-order chi connectivity index (χ0) is 11.6. The van der Waals surface area contributed by atoms with Gasteiger partial charge in [0.1, 0.15) is 0 Å². The van der Waals surface area contributed by atoms with Crippen LogP contribution >= 0.6 is 0 Å². The van der Waals surface area contributed by atoms with Crippen LogP contribution in [0.4, 0.5) is 0 Å². The van der Waals surface area contributed by atoms with Crippen LogP contribution in [-0.4, -0.2) is 5.78 Å². The number of rotatable bonds is 2. The molecule has 1 rings (SSSR count). The lowest BCUT2D eigenvalue weighted by Crippen LogP contribution is -2.43. The molecule has 0 fully saturated rings. The number of hydrogen-bond donors (Lipinski definition) is 0. The van der Waals surface area contributed by atoms with E-state index in [-0.39, 0.29) is 11.2 Å². The topological polar surface area (TPSA) is 17.1 Å². The highest BCUT2D eigenvalue weighted by atomic mass is 16.1. The van der Waals surface area contributed by atoms with E-state index in [0.29, 0.717) is 17.8 Å². The number of ketones is 1. The van der Waals surface area contributed by atoms with Gasteiger partial charge in [-0.2, -0.15) is 0 Å². The van der Waals surface area contributed by atoms with Crippen LogP contribution in [0, 0.1) is 23.2 Å². The molecule has 0 bridgehead atoms. The van der Waals surface area contributed by atoms with Gasteiger partial charge in [0, 0.05) is 5.41 Å². The van der Waals surface area contributed by atoms with Gasteiger partial charge in [0.05, 0.1) is 0 Å². The number of allylic oxidation sites excluding steroid dienone is 4. The average Bonchev–Trinajstić information content (AvgIpc) is 2.21. The first kappa shape index (κ1) is 12.2. The molecule has 1 heteroatoms. The van der Waals surface area contributed by atoms with Gasteiger partial charge in [-0.25, -0.2) is 0 Å². The first-order chi connectivity index (χ1) is 6.94. The molecule has 0 aliphatic heterocycles. The van der Waals surface area contributed by atoms with Gasteiger partial charge in [-0.3, -0.25) is 4.79 Å². The SMILES string of the molecule is C/C=C/C(=O)C1(C)C(C)C=CC(C)C1C. The van der Waals surface area contributed by atoms with Gasteiger partial charge in [-0.1, -0.05) is 45.9 Å². The van der Waals surface area contributed by atoms with E-state index in [0.717, 1.165) is 0 Å². The van der Waals surface area contributed by atoms with E-state index >= 15 is 0 Å². The van der Waals surface area contributed by atoms with Gasteiger partial charge in [-0.15, -0.1) is 0 Å². The first-order valence-corrected chi connectivity index (χ1v) is 5.80. The molecule has 0 amide bonds. The van der Waals surface area contributed by atoms with Crippen LogP contribution in [0.3, 0.4) is 0 Å². The minimum atomic E-state index is -0.235. The molecule has 0 spiro atoms. The molecule has 84 valence electrons. The Morgan fingerprint density at radius 3 is 2.40 bits per heavy atom. The van der Waals surface area contributed by atoms with Crippen molar-refractivity contribution in [2.45, 2.75) is 34.6 Å². The van der Waals surface area contributed by atoms with Gasteiger partial charge < -0.3 is 0 Å². The summed E-state index contributed by atoms with van der Waals surface area (Å²) < 4.78 is 0. The molecule has 4 unspecified atom stereocenters. The Kier molecular flexibility index (Phi) is 3.54. The molecular weight excluding hydrogens is 184 g/mol. The number of carbonyl (C=O) groups is 1. The molecule has 4 atom stereocenters. The molecule has 0 saturated heterocycles. The first-order valence-electron chi connectivity index (χ1n) is 5.80. The van der Waals surface area contributed by atoms with E-state index in [1.165, 1.54) is 0 Å². The summed E-state index contributed by atoms with van der Waals surface area (Å²) in [4.78, 5) is 12.2. The summed E-state index contributed by atoms with van der Waals surface area (Å²) in [5.41, 5.74) is -0.235. The lowest BCUT2D eigenvalue weighted by atomic mass is 9.59. The van der Waals surface area contributed by atoms with E-state index in [9.17, 15) is 4.79 Å². The predicted molar refractivity (Wildman–Crippen MR) is 64.6 cm³/mol. The second-order valence-corrected chi connectivity index (χ2v) is 4.97. The largest absolute Gasteiger partial charge is 0.294 e. The minimum absolute atomic E-state index is 0.235. The van der Waals surface area contributed by atoms with Gasteiger partial charge in [0.15, 0.2) is 5.78 Å². The lowest BCUT2D eigenvalue weighted by molar-refractivity contribution is -0.129. The molecule has 1 nitrogen and oxygen atoms in total. The molecule has 15 heavy (non-hydrogen) atoms. The summed E-state index contributed by atoms with van der Waals surface area (Å²) >= 11 is 0. The average molecular weight is 206 g/mol. The van der Waals surface area contributed by atoms with Crippen molar-refractivity contribution in [3.05, 3.63) is 24.3 Å². The highest BCUT2D eigenvalue weighted by Crippen LogP contribution is 2.45. The van der Waals surface area contributed by atoms with Crippen LogP contribution in [-0.2, 0) is 4.79 Å². The summed E-state index contributed by atoms with van der Waals surface area (Å²) in [5, 5.41) is 0. The Morgan fingerprint density at radius 2 is 1.87 bits per heavy atom. The molecule has 1 aliphatic carbocycles. The molecule has 0 saturated carbocycles. The van der Waals surface area contributed by atoms with Crippen LogP contribution in [0.5, 0.6) is 0 Å². The van der Waals surface area contributed by atoms with Gasteiger partial charge >= 0.3 is 0 Å². The fourth-order valence-electron chi connectivity index (χ4n) is 2.45. The molecule has 0 N–H and O–H groups in total. The van der Waals surface area contributed by atoms with Gasteiger partial charge in [-0.05, 0) is 30.8 Å². The summed E-state index contributed by atoms with van der Waals surface area (Å²) in [5.74, 6) is 1.48. The van der Waals surface area contributed by atoms with E-state index in [4.69, 9.17) is 0 Å². The zero-order valence-electron chi connectivity index (χ0n) is 10.4. The number of hydrogen-bond acceptors (Lipinski definition) is 1. The Hall–Kier alpha value is -0.850. The van der Waals surface area contributed by atoms with Crippen LogP contribution in [0.25, 0.3) is 0 Å². The second kappa shape index (κ2) is 4.34. The smallest absolute Gasteiger partial charge is 0.162 e. The van der Waals surface area contributed by atoms with Gasteiger partial charge in [0.25, 0.3) is 0 Å². The van der Waals surface area contributed by atoms with E-state index < -0.39 is 0 Å². The highest BCUT2D eigenvalue weighted by Gasteiger charge is 2.44. The maximum absolute atomic E-state index is 12.2. The third kappa shape index (κ3) is 1.92. The Balaban J connectivity index is 3.08. The maximum Gasteiger partial charge on any atom is 0.162 e. The summed E-state index contributed by atoms with van der Waals surface area (Å²) in [6, 6.07) is 0. The third-order valence-electron chi connectivity index (χ3n) is 4.23. The van der Waals surface area contributed by atoms with Crippen molar-refractivity contribution in [3.8, 4) is 0 Å². The Labute approximate surface area is 93.3 Å². The van der Waals surface area contributed by atoms with Crippen molar-refractivity contribution < 1.29 is 4.79 Å². The summed E-state index contributed by atoms with van der Waals surface area (Å²) in [6.45, 7) is 10.5. The third-order valence-corrected chi connectivity index (χ3v) is 4.23. The van der Waals surface area contributed by atoms with Crippen molar-refractivity contribution >= 4 is 5.78 Å². The normalized spacial score (nSPS) is 41.0. The zero-order valence-corrected chi connectivity index (χ0v) is 10.4. The van der Waals surface area contributed by atoms with Crippen LogP contribution < -0.4 is 0 Å².